The molecule has 2 aliphatic rings. The molecule has 1 amide bonds. The number of anilines is 1. The minimum atomic E-state index is -0.116. The van der Waals surface area contributed by atoms with Gasteiger partial charge in [0, 0.05) is 57.0 Å². The molecule has 0 aliphatic carbocycles. The predicted molar refractivity (Wildman–Crippen MR) is 125 cm³/mol. The summed E-state index contributed by atoms with van der Waals surface area (Å²) in [5, 5.41) is 3.74. The van der Waals surface area contributed by atoms with Gasteiger partial charge in [-0.25, -0.2) is 0 Å². The van der Waals surface area contributed by atoms with Crippen LogP contribution in [0.4, 0.5) is 5.69 Å². The van der Waals surface area contributed by atoms with E-state index >= 15 is 0 Å². The normalized spacial score (nSPS) is 18.0. The van der Waals surface area contributed by atoms with Crippen molar-refractivity contribution >= 4 is 23.2 Å². The van der Waals surface area contributed by atoms with Crippen molar-refractivity contribution in [3.63, 3.8) is 0 Å². The van der Waals surface area contributed by atoms with E-state index in [0.717, 1.165) is 39.1 Å². The van der Waals surface area contributed by atoms with Crippen LogP contribution in [0.1, 0.15) is 17.2 Å². The third-order valence-corrected chi connectivity index (χ3v) is 6.52. The molecule has 0 aromatic heterocycles. The van der Waals surface area contributed by atoms with Crippen molar-refractivity contribution in [1.82, 2.24) is 15.1 Å². The number of carbonyl (C=O) groups excluding carboxylic acids is 1. The Kier molecular flexibility index (Phi) is 7.00. The second-order valence-electron chi connectivity index (χ2n) is 8.46. The molecule has 0 bridgehead atoms. The number of fused-ring (bicyclic) bond motifs is 1. The van der Waals surface area contributed by atoms with Gasteiger partial charge in [0.15, 0.2) is 6.61 Å². The maximum atomic E-state index is 12.5. The molecule has 2 aromatic rings. The second-order valence-corrected chi connectivity index (χ2v) is 8.90. The zero-order valence-electron chi connectivity index (χ0n) is 18.3. The standard InChI is InChI=1S/C24H31ClN4O2/c1-27-11-13-29(14-12-27)23(18-3-8-22-19(15-18)9-10-28(22)2)16-26-24(30)17-31-21-6-4-20(25)5-7-21/h3-8,15,23H,9-14,16-17H2,1-2H3,(H,26,30)/t23-/m1/s1. The third kappa shape index (κ3) is 5.50. The first kappa shape index (κ1) is 21.9. The molecule has 166 valence electrons. The molecule has 2 heterocycles. The van der Waals surface area contributed by atoms with E-state index in [1.807, 2.05) is 0 Å². The molecule has 0 saturated carbocycles. The Hall–Kier alpha value is -2.28. The Balaban J connectivity index is 1.41. The summed E-state index contributed by atoms with van der Waals surface area (Å²) in [5.74, 6) is 0.521. The van der Waals surface area contributed by atoms with Gasteiger partial charge in [-0.3, -0.25) is 9.69 Å². The lowest BCUT2D eigenvalue weighted by molar-refractivity contribution is -0.123. The molecule has 0 radical (unpaired) electrons. The summed E-state index contributed by atoms with van der Waals surface area (Å²) in [4.78, 5) is 19.6. The number of amides is 1. The Morgan fingerprint density at radius 2 is 1.81 bits per heavy atom. The number of nitrogens with one attached hydrogen (secondary N) is 1. The molecule has 2 aromatic carbocycles. The van der Waals surface area contributed by atoms with Crippen LogP contribution in [0.15, 0.2) is 42.5 Å². The number of likely N-dealkylation sites (N-methyl/N-ethyl adjacent to an activating group) is 2. The Morgan fingerprint density at radius 1 is 1.06 bits per heavy atom. The van der Waals surface area contributed by atoms with E-state index < -0.39 is 0 Å². The van der Waals surface area contributed by atoms with E-state index in [1.165, 1.54) is 16.8 Å². The van der Waals surface area contributed by atoms with Gasteiger partial charge in [-0.05, 0) is 54.9 Å². The average Bonchev–Trinajstić information content (AvgIpc) is 3.15. The van der Waals surface area contributed by atoms with Crippen molar-refractivity contribution < 1.29 is 9.53 Å². The third-order valence-electron chi connectivity index (χ3n) is 6.27. The fourth-order valence-corrected chi connectivity index (χ4v) is 4.45. The second kappa shape index (κ2) is 9.90. The van der Waals surface area contributed by atoms with Crippen molar-refractivity contribution in [2.75, 3.05) is 64.9 Å². The molecule has 0 unspecified atom stereocenters. The number of nitrogens with zero attached hydrogens (tertiary/aromatic N) is 3. The van der Waals surface area contributed by atoms with Crippen LogP contribution in [-0.2, 0) is 11.2 Å². The first-order valence-corrected chi connectivity index (χ1v) is 11.3. The number of ether oxygens (including phenoxy) is 1. The molecular weight excluding hydrogens is 412 g/mol. The minimum Gasteiger partial charge on any atom is -0.484 e. The van der Waals surface area contributed by atoms with E-state index in [1.54, 1.807) is 24.3 Å². The Morgan fingerprint density at radius 3 is 2.55 bits per heavy atom. The van der Waals surface area contributed by atoms with Crippen LogP contribution in [0.5, 0.6) is 5.75 Å². The summed E-state index contributed by atoms with van der Waals surface area (Å²) in [7, 11) is 4.30. The fourth-order valence-electron chi connectivity index (χ4n) is 4.33. The molecule has 1 fully saturated rings. The van der Waals surface area contributed by atoms with Gasteiger partial charge in [0.2, 0.25) is 0 Å². The SMILES string of the molecule is CN1CCN([C@H](CNC(=O)COc2ccc(Cl)cc2)c2ccc3c(c2)CCN3C)CC1. The van der Waals surface area contributed by atoms with Gasteiger partial charge in [-0.15, -0.1) is 0 Å². The lowest BCUT2D eigenvalue weighted by Crippen LogP contribution is -2.48. The van der Waals surface area contributed by atoms with Gasteiger partial charge < -0.3 is 19.9 Å². The number of halogens is 1. The van der Waals surface area contributed by atoms with E-state index in [2.05, 4.69) is 52.3 Å². The van der Waals surface area contributed by atoms with Crippen LogP contribution in [0.3, 0.4) is 0 Å². The first-order valence-electron chi connectivity index (χ1n) is 10.9. The molecule has 1 atom stereocenters. The van der Waals surface area contributed by atoms with Crippen LogP contribution >= 0.6 is 11.6 Å². The summed E-state index contributed by atoms with van der Waals surface area (Å²) in [6.07, 6.45) is 1.08. The molecule has 0 spiro atoms. The van der Waals surface area contributed by atoms with E-state index in [9.17, 15) is 4.79 Å². The number of hydrogen-bond acceptors (Lipinski definition) is 5. The van der Waals surface area contributed by atoms with E-state index in [4.69, 9.17) is 16.3 Å². The summed E-state index contributed by atoms with van der Waals surface area (Å²) in [6, 6.07) is 14.0. The van der Waals surface area contributed by atoms with Crippen molar-refractivity contribution in [3.05, 3.63) is 58.6 Å². The zero-order chi connectivity index (χ0) is 21.8. The molecule has 31 heavy (non-hydrogen) atoms. The lowest BCUT2D eigenvalue weighted by Gasteiger charge is -2.38. The van der Waals surface area contributed by atoms with Crippen molar-refractivity contribution in [1.29, 1.82) is 0 Å². The number of piperazine rings is 1. The number of hydrogen-bond donors (Lipinski definition) is 1. The zero-order valence-corrected chi connectivity index (χ0v) is 19.1. The lowest BCUT2D eigenvalue weighted by atomic mass is 10.00. The highest BCUT2D eigenvalue weighted by atomic mass is 35.5. The first-order chi connectivity index (χ1) is 15.0. The number of rotatable bonds is 7. The molecule has 1 saturated heterocycles. The van der Waals surface area contributed by atoms with Crippen molar-refractivity contribution in [2.24, 2.45) is 0 Å². The smallest absolute Gasteiger partial charge is 0.258 e. The van der Waals surface area contributed by atoms with Gasteiger partial charge in [0.05, 0.1) is 6.04 Å². The van der Waals surface area contributed by atoms with Gasteiger partial charge >= 0.3 is 0 Å². The number of carbonyl (C=O) groups is 1. The number of benzene rings is 2. The van der Waals surface area contributed by atoms with Crippen LogP contribution in [-0.4, -0.2) is 75.7 Å². The summed E-state index contributed by atoms with van der Waals surface area (Å²) in [6.45, 7) is 5.70. The van der Waals surface area contributed by atoms with Gasteiger partial charge in [0.1, 0.15) is 5.75 Å². The van der Waals surface area contributed by atoms with E-state index in [-0.39, 0.29) is 18.6 Å². The van der Waals surface area contributed by atoms with Crippen molar-refractivity contribution in [3.8, 4) is 5.75 Å². The van der Waals surface area contributed by atoms with Gasteiger partial charge in [-0.1, -0.05) is 23.7 Å². The highest BCUT2D eigenvalue weighted by Gasteiger charge is 2.26. The maximum Gasteiger partial charge on any atom is 0.258 e. The quantitative estimate of drug-likeness (QED) is 0.714. The fraction of sp³-hybridized carbons (Fsp3) is 0.458. The largest absolute Gasteiger partial charge is 0.484 e. The average molecular weight is 443 g/mol. The predicted octanol–water partition coefficient (Wildman–Crippen LogP) is 2.82. The summed E-state index contributed by atoms with van der Waals surface area (Å²) < 4.78 is 5.60. The van der Waals surface area contributed by atoms with Crippen molar-refractivity contribution in [2.45, 2.75) is 12.5 Å². The van der Waals surface area contributed by atoms with Crippen LogP contribution < -0.4 is 15.0 Å². The molecule has 7 heteroatoms. The molecule has 2 aliphatic heterocycles. The Bertz CT molecular complexity index is 897. The van der Waals surface area contributed by atoms with Gasteiger partial charge in [0.25, 0.3) is 5.91 Å². The monoisotopic (exact) mass is 442 g/mol. The highest BCUT2D eigenvalue weighted by molar-refractivity contribution is 6.30. The Labute approximate surface area is 189 Å². The van der Waals surface area contributed by atoms with Gasteiger partial charge in [-0.2, -0.15) is 0 Å². The maximum absolute atomic E-state index is 12.5. The van der Waals surface area contributed by atoms with Crippen LogP contribution in [0.2, 0.25) is 5.02 Å². The highest BCUT2D eigenvalue weighted by Crippen LogP contribution is 2.31. The topological polar surface area (TPSA) is 48.1 Å². The van der Waals surface area contributed by atoms with Crippen LogP contribution in [0, 0.1) is 0 Å². The summed E-state index contributed by atoms with van der Waals surface area (Å²) in [5.41, 5.74) is 4.00. The molecule has 6 nitrogen and oxygen atoms in total. The summed E-state index contributed by atoms with van der Waals surface area (Å²) >= 11 is 5.90. The molecule has 4 rings (SSSR count). The van der Waals surface area contributed by atoms with E-state index in [0.29, 0.717) is 17.3 Å². The molecular formula is C24H31ClN4O2. The molecule has 1 N–H and O–H groups in total. The minimum absolute atomic E-state index is 0.00786. The van der Waals surface area contributed by atoms with Crippen LogP contribution in [0.25, 0.3) is 0 Å².